The smallest absolute Gasteiger partial charge is 0.240 e. The minimum Gasteiger partial charge on any atom is -0.463 e. The van der Waals surface area contributed by atoms with Crippen molar-refractivity contribution in [3.63, 3.8) is 0 Å². The molecule has 0 aliphatic heterocycles. The first-order chi connectivity index (χ1) is 6.27. The number of furan rings is 1. The summed E-state index contributed by atoms with van der Waals surface area (Å²) in [6, 6.07) is 3.59. The van der Waals surface area contributed by atoms with E-state index < -0.39 is 0 Å². The van der Waals surface area contributed by atoms with Crippen molar-refractivity contribution in [2.45, 2.75) is 6.92 Å². The molecule has 2 N–H and O–H groups in total. The number of rotatable bonds is 1. The number of aromatic nitrogens is 3. The SMILES string of the molecule is Cc1nnc(N)nc1-c1ccco1. The van der Waals surface area contributed by atoms with Crippen LogP contribution in [0.15, 0.2) is 22.8 Å². The van der Waals surface area contributed by atoms with Gasteiger partial charge in [0.15, 0.2) is 5.76 Å². The summed E-state index contributed by atoms with van der Waals surface area (Å²) in [7, 11) is 0. The highest BCUT2D eigenvalue weighted by Crippen LogP contribution is 2.19. The van der Waals surface area contributed by atoms with Crippen LogP contribution in [0.1, 0.15) is 5.69 Å². The van der Waals surface area contributed by atoms with Gasteiger partial charge in [-0.2, -0.15) is 0 Å². The lowest BCUT2D eigenvalue weighted by Gasteiger charge is -1.99. The molecule has 5 heteroatoms. The van der Waals surface area contributed by atoms with Crippen molar-refractivity contribution in [3.05, 3.63) is 24.1 Å². The lowest BCUT2D eigenvalue weighted by Crippen LogP contribution is -2.01. The first-order valence-corrected chi connectivity index (χ1v) is 3.78. The Balaban J connectivity index is 2.57. The van der Waals surface area contributed by atoms with Crippen molar-refractivity contribution in [3.8, 4) is 11.5 Å². The third-order valence-electron chi connectivity index (χ3n) is 1.63. The number of nitrogen functional groups attached to an aromatic ring is 1. The normalized spacial score (nSPS) is 10.2. The van der Waals surface area contributed by atoms with Gasteiger partial charge in [0, 0.05) is 0 Å². The van der Waals surface area contributed by atoms with Crippen LogP contribution in [0.5, 0.6) is 0 Å². The molecule has 66 valence electrons. The predicted molar refractivity (Wildman–Crippen MR) is 46.7 cm³/mol. The monoisotopic (exact) mass is 176 g/mol. The summed E-state index contributed by atoms with van der Waals surface area (Å²) in [5.74, 6) is 0.802. The zero-order valence-electron chi connectivity index (χ0n) is 7.06. The molecule has 2 aromatic heterocycles. The quantitative estimate of drug-likeness (QED) is 0.701. The van der Waals surface area contributed by atoms with Crippen molar-refractivity contribution >= 4 is 5.95 Å². The van der Waals surface area contributed by atoms with Gasteiger partial charge in [0.2, 0.25) is 5.95 Å². The molecular formula is C8H8N4O. The minimum absolute atomic E-state index is 0.150. The Kier molecular flexibility index (Phi) is 1.70. The van der Waals surface area contributed by atoms with Crippen LogP contribution in [0.2, 0.25) is 0 Å². The Labute approximate surface area is 74.6 Å². The van der Waals surface area contributed by atoms with Crippen LogP contribution in [0.25, 0.3) is 11.5 Å². The zero-order valence-corrected chi connectivity index (χ0v) is 7.06. The summed E-state index contributed by atoms with van der Waals surface area (Å²) in [5.41, 5.74) is 6.74. The second-order valence-electron chi connectivity index (χ2n) is 2.58. The van der Waals surface area contributed by atoms with Crippen LogP contribution in [-0.2, 0) is 0 Å². The molecule has 0 aromatic carbocycles. The maximum Gasteiger partial charge on any atom is 0.240 e. The number of hydrogen-bond acceptors (Lipinski definition) is 5. The lowest BCUT2D eigenvalue weighted by atomic mass is 10.3. The molecule has 0 saturated heterocycles. The highest BCUT2D eigenvalue weighted by atomic mass is 16.3. The molecule has 0 radical (unpaired) electrons. The average molecular weight is 176 g/mol. The molecule has 2 aromatic rings. The van der Waals surface area contributed by atoms with Gasteiger partial charge in [0.25, 0.3) is 0 Å². The summed E-state index contributed by atoms with van der Waals surface area (Å²) < 4.78 is 5.17. The van der Waals surface area contributed by atoms with Gasteiger partial charge in [-0.05, 0) is 19.1 Å². The first kappa shape index (κ1) is 7.72. The Morgan fingerprint density at radius 3 is 2.92 bits per heavy atom. The van der Waals surface area contributed by atoms with Gasteiger partial charge in [-0.3, -0.25) is 0 Å². The van der Waals surface area contributed by atoms with E-state index in [2.05, 4.69) is 15.2 Å². The van der Waals surface area contributed by atoms with Gasteiger partial charge >= 0.3 is 0 Å². The van der Waals surface area contributed by atoms with E-state index in [-0.39, 0.29) is 5.95 Å². The Morgan fingerprint density at radius 2 is 2.23 bits per heavy atom. The second-order valence-corrected chi connectivity index (χ2v) is 2.58. The molecule has 0 aliphatic rings. The average Bonchev–Trinajstić information content (AvgIpc) is 2.61. The van der Waals surface area contributed by atoms with Crippen LogP contribution in [-0.4, -0.2) is 15.2 Å². The maximum absolute atomic E-state index is 5.41. The van der Waals surface area contributed by atoms with Gasteiger partial charge in [-0.15, -0.1) is 10.2 Å². The third-order valence-corrected chi connectivity index (χ3v) is 1.63. The summed E-state index contributed by atoms with van der Waals surface area (Å²) in [5, 5.41) is 7.46. The van der Waals surface area contributed by atoms with E-state index in [1.807, 2.05) is 0 Å². The Bertz CT molecular complexity index is 410. The molecule has 0 bridgehead atoms. The fourth-order valence-electron chi connectivity index (χ4n) is 1.04. The summed E-state index contributed by atoms with van der Waals surface area (Å²) in [6.07, 6.45) is 1.58. The van der Waals surface area contributed by atoms with Crippen molar-refractivity contribution in [1.29, 1.82) is 0 Å². The van der Waals surface area contributed by atoms with E-state index >= 15 is 0 Å². The minimum atomic E-state index is 0.150. The fraction of sp³-hybridized carbons (Fsp3) is 0.125. The zero-order chi connectivity index (χ0) is 9.26. The number of hydrogen-bond donors (Lipinski definition) is 1. The molecule has 0 aliphatic carbocycles. The highest BCUT2D eigenvalue weighted by Gasteiger charge is 2.08. The van der Waals surface area contributed by atoms with Crippen molar-refractivity contribution < 1.29 is 4.42 Å². The van der Waals surface area contributed by atoms with Gasteiger partial charge < -0.3 is 10.2 Å². The summed E-state index contributed by atoms with van der Waals surface area (Å²) in [4.78, 5) is 4.03. The van der Waals surface area contributed by atoms with E-state index in [0.717, 1.165) is 0 Å². The molecule has 0 amide bonds. The molecule has 0 fully saturated rings. The van der Waals surface area contributed by atoms with Gasteiger partial charge in [0.1, 0.15) is 5.69 Å². The molecule has 5 nitrogen and oxygen atoms in total. The third kappa shape index (κ3) is 1.35. The second kappa shape index (κ2) is 2.85. The maximum atomic E-state index is 5.41. The van der Waals surface area contributed by atoms with Crippen LogP contribution in [0.4, 0.5) is 5.95 Å². The number of aryl methyl sites for hydroxylation is 1. The van der Waals surface area contributed by atoms with E-state index in [4.69, 9.17) is 10.2 Å². The number of nitrogens with zero attached hydrogens (tertiary/aromatic N) is 3. The van der Waals surface area contributed by atoms with Gasteiger partial charge in [0.05, 0.1) is 12.0 Å². The molecule has 0 unspecified atom stereocenters. The van der Waals surface area contributed by atoms with Crippen LogP contribution >= 0.6 is 0 Å². The van der Waals surface area contributed by atoms with Crippen LogP contribution in [0, 0.1) is 6.92 Å². The van der Waals surface area contributed by atoms with Crippen molar-refractivity contribution in [1.82, 2.24) is 15.2 Å². The van der Waals surface area contributed by atoms with Gasteiger partial charge in [-0.25, -0.2) is 4.98 Å². The van der Waals surface area contributed by atoms with E-state index in [1.54, 1.807) is 25.3 Å². The lowest BCUT2D eigenvalue weighted by molar-refractivity contribution is 0.578. The van der Waals surface area contributed by atoms with Crippen LogP contribution < -0.4 is 5.73 Å². The molecule has 2 heterocycles. The predicted octanol–water partition coefficient (Wildman–Crippen LogP) is 1.02. The highest BCUT2D eigenvalue weighted by molar-refractivity contribution is 5.55. The van der Waals surface area contributed by atoms with Crippen molar-refractivity contribution in [2.75, 3.05) is 5.73 Å². The number of nitrogens with two attached hydrogens (primary N) is 1. The van der Waals surface area contributed by atoms with Crippen LogP contribution in [0.3, 0.4) is 0 Å². The topological polar surface area (TPSA) is 77.8 Å². The standard InChI is InChI=1S/C8H8N4O/c1-5-7(6-3-2-4-13-6)10-8(9)12-11-5/h2-4H,1H3,(H2,9,10,12). The fourth-order valence-corrected chi connectivity index (χ4v) is 1.04. The molecule has 2 rings (SSSR count). The molecule has 0 atom stereocenters. The van der Waals surface area contributed by atoms with Crippen molar-refractivity contribution in [2.24, 2.45) is 0 Å². The largest absolute Gasteiger partial charge is 0.463 e. The molecule has 0 saturated carbocycles. The summed E-state index contributed by atoms with van der Waals surface area (Å²) >= 11 is 0. The Morgan fingerprint density at radius 1 is 1.38 bits per heavy atom. The van der Waals surface area contributed by atoms with Gasteiger partial charge in [-0.1, -0.05) is 0 Å². The Hall–Kier alpha value is -1.91. The van der Waals surface area contributed by atoms with E-state index in [1.165, 1.54) is 0 Å². The van der Waals surface area contributed by atoms with E-state index in [9.17, 15) is 0 Å². The van der Waals surface area contributed by atoms with E-state index in [0.29, 0.717) is 17.1 Å². The molecule has 13 heavy (non-hydrogen) atoms. The first-order valence-electron chi connectivity index (χ1n) is 3.78. The summed E-state index contributed by atoms with van der Waals surface area (Å²) in [6.45, 7) is 1.80. The number of anilines is 1. The molecular weight excluding hydrogens is 168 g/mol. The molecule has 0 spiro atoms.